The average Bonchev–Trinajstić information content (AvgIpc) is 2.70. The number of hydrogen-bond donors (Lipinski definition) is 2. The topological polar surface area (TPSA) is 32.3 Å². The lowest BCUT2D eigenvalue weighted by Crippen LogP contribution is -2.10. The first kappa shape index (κ1) is 10.9. The standard InChI is InChI=1S/C7H15N.C2H6O/c1-3-4-6-5-7(6)8-2;1-2-3/h6-8H,3-5H2,1-2H3;3H,2H2,1H3. The fraction of sp³-hybridized carbons (Fsp3) is 1.00. The van der Waals surface area contributed by atoms with Crippen molar-refractivity contribution in [1.82, 2.24) is 5.32 Å². The fourth-order valence-corrected chi connectivity index (χ4v) is 1.29. The van der Waals surface area contributed by atoms with Crippen LogP contribution in [-0.2, 0) is 0 Å². The molecule has 1 aliphatic rings. The zero-order valence-corrected chi connectivity index (χ0v) is 7.93. The second-order valence-corrected chi connectivity index (χ2v) is 3.00. The van der Waals surface area contributed by atoms with E-state index >= 15 is 0 Å². The van der Waals surface area contributed by atoms with E-state index in [0.717, 1.165) is 12.0 Å². The Bertz CT molecular complexity index is 85.6. The molecular formula is C9H21NO. The summed E-state index contributed by atoms with van der Waals surface area (Å²) < 4.78 is 0. The molecule has 0 aromatic rings. The maximum Gasteiger partial charge on any atom is 0.0402 e. The first-order chi connectivity index (χ1) is 5.29. The summed E-state index contributed by atoms with van der Waals surface area (Å²) in [5, 5.41) is 10.8. The maximum atomic E-state index is 7.57. The molecule has 2 nitrogen and oxygen atoms in total. The summed E-state index contributed by atoms with van der Waals surface area (Å²) in [6.07, 6.45) is 4.19. The minimum Gasteiger partial charge on any atom is -0.397 e. The summed E-state index contributed by atoms with van der Waals surface area (Å²) in [5.41, 5.74) is 0. The number of aliphatic hydroxyl groups excluding tert-OH is 1. The molecule has 2 unspecified atom stereocenters. The molecule has 1 fully saturated rings. The molecule has 2 N–H and O–H groups in total. The van der Waals surface area contributed by atoms with Gasteiger partial charge in [0, 0.05) is 12.6 Å². The van der Waals surface area contributed by atoms with Crippen LogP contribution in [0.5, 0.6) is 0 Å². The second kappa shape index (κ2) is 6.62. The average molecular weight is 159 g/mol. The van der Waals surface area contributed by atoms with Crippen molar-refractivity contribution in [3.05, 3.63) is 0 Å². The Hall–Kier alpha value is -0.0800. The molecule has 0 aromatic carbocycles. The van der Waals surface area contributed by atoms with E-state index in [-0.39, 0.29) is 6.61 Å². The molecule has 0 heterocycles. The van der Waals surface area contributed by atoms with Gasteiger partial charge in [0.25, 0.3) is 0 Å². The van der Waals surface area contributed by atoms with E-state index < -0.39 is 0 Å². The Kier molecular flexibility index (Phi) is 6.57. The van der Waals surface area contributed by atoms with Gasteiger partial charge < -0.3 is 10.4 Å². The number of aliphatic hydroxyl groups is 1. The van der Waals surface area contributed by atoms with Crippen LogP contribution in [-0.4, -0.2) is 24.8 Å². The zero-order valence-electron chi connectivity index (χ0n) is 7.93. The summed E-state index contributed by atoms with van der Waals surface area (Å²) in [6.45, 7) is 4.19. The normalized spacial score (nSPS) is 27.3. The number of hydrogen-bond acceptors (Lipinski definition) is 2. The molecule has 11 heavy (non-hydrogen) atoms. The molecule has 0 aromatic heterocycles. The highest BCUT2D eigenvalue weighted by Crippen LogP contribution is 2.33. The van der Waals surface area contributed by atoms with Crippen LogP contribution in [0.1, 0.15) is 33.1 Å². The van der Waals surface area contributed by atoms with Crippen LogP contribution in [0.2, 0.25) is 0 Å². The molecule has 2 heteroatoms. The second-order valence-electron chi connectivity index (χ2n) is 3.00. The lowest BCUT2D eigenvalue weighted by molar-refractivity contribution is 0.318. The van der Waals surface area contributed by atoms with E-state index in [1.165, 1.54) is 19.3 Å². The minimum absolute atomic E-state index is 0.250. The molecule has 0 radical (unpaired) electrons. The molecule has 1 aliphatic carbocycles. The van der Waals surface area contributed by atoms with Crippen LogP contribution in [0, 0.1) is 5.92 Å². The zero-order chi connectivity index (χ0) is 8.69. The van der Waals surface area contributed by atoms with Crippen molar-refractivity contribution < 1.29 is 5.11 Å². The third-order valence-corrected chi connectivity index (χ3v) is 1.95. The van der Waals surface area contributed by atoms with Crippen molar-refractivity contribution in [3.8, 4) is 0 Å². The predicted octanol–water partition coefficient (Wildman–Crippen LogP) is 1.39. The molecule has 0 bridgehead atoms. The molecule has 1 rings (SSSR count). The van der Waals surface area contributed by atoms with Crippen LogP contribution in [0.25, 0.3) is 0 Å². The molecule has 1 saturated carbocycles. The Morgan fingerprint density at radius 2 is 2.00 bits per heavy atom. The van der Waals surface area contributed by atoms with Gasteiger partial charge in [0.1, 0.15) is 0 Å². The lowest BCUT2D eigenvalue weighted by atomic mass is 10.2. The first-order valence-corrected chi connectivity index (χ1v) is 4.58. The van der Waals surface area contributed by atoms with Gasteiger partial charge in [-0.05, 0) is 32.7 Å². The van der Waals surface area contributed by atoms with Gasteiger partial charge in [-0.15, -0.1) is 0 Å². The Balaban J connectivity index is 0.000000292. The molecule has 0 aliphatic heterocycles. The van der Waals surface area contributed by atoms with Crippen molar-refractivity contribution in [2.45, 2.75) is 39.2 Å². The Labute approximate surface area is 70.0 Å². The fourth-order valence-electron chi connectivity index (χ4n) is 1.29. The van der Waals surface area contributed by atoms with Crippen molar-refractivity contribution >= 4 is 0 Å². The molecule has 2 atom stereocenters. The van der Waals surface area contributed by atoms with Gasteiger partial charge in [0.15, 0.2) is 0 Å². The van der Waals surface area contributed by atoms with E-state index in [9.17, 15) is 0 Å². The van der Waals surface area contributed by atoms with Crippen LogP contribution in [0.15, 0.2) is 0 Å². The maximum absolute atomic E-state index is 7.57. The summed E-state index contributed by atoms with van der Waals surface area (Å²) in [7, 11) is 2.06. The van der Waals surface area contributed by atoms with Gasteiger partial charge in [0.2, 0.25) is 0 Å². The van der Waals surface area contributed by atoms with E-state index in [0.29, 0.717) is 0 Å². The van der Waals surface area contributed by atoms with Crippen molar-refractivity contribution in [2.24, 2.45) is 5.92 Å². The van der Waals surface area contributed by atoms with Crippen LogP contribution in [0.4, 0.5) is 0 Å². The van der Waals surface area contributed by atoms with Crippen LogP contribution >= 0.6 is 0 Å². The Morgan fingerprint density at radius 3 is 2.27 bits per heavy atom. The third kappa shape index (κ3) is 5.22. The van der Waals surface area contributed by atoms with Gasteiger partial charge >= 0.3 is 0 Å². The SMILES string of the molecule is CCCC1CC1NC.CCO. The lowest BCUT2D eigenvalue weighted by Gasteiger charge is -1.92. The van der Waals surface area contributed by atoms with Gasteiger partial charge in [-0.1, -0.05) is 13.3 Å². The van der Waals surface area contributed by atoms with Gasteiger partial charge in [0.05, 0.1) is 0 Å². The Morgan fingerprint density at radius 1 is 1.45 bits per heavy atom. The number of rotatable bonds is 3. The van der Waals surface area contributed by atoms with E-state index in [4.69, 9.17) is 5.11 Å². The highest BCUT2D eigenvalue weighted by Gasteiger charge is 2.33. The van der Waals surface area contributed by atoms with Gasteiger partial charge in [-0.2, -0.15) is 0 Å². The van der Waals surface area contributed by atoms with Crippen molar-refractivity contribution in [1.29, 1.82) is 0 Å². The highest BCUT2D eigenvalue weighted by molar-refractivity contribution is 4.91. The molecular weight excluding hydrogens is 138 g/mol. The smallest absolute Gasteiger partial charge is 0.0402 e. The minimum atomic E-state index is 0.250. The van der Waals surface area contributed by atoms with E-state index in [1.54, 1.807) is 6.92 Å². The predicted molar refractivity (Wildman–Crippen MR) is 48.6 cm³/mol. The quantitative estimate of drug-likeness (QED) is 0.652. The van der Waals surface area contributed by atoms with Crippen molar-refractivity contribution in [2.75, 3.05) is 13.7 Å². The molecule has 68 valence electrons. The highest BCUT2D eigenvalue weighted by atomic mass is 16.2. The van der Waals surface area contributed by atoms with Crippen molar-refractivity contribution in [3.63, 3.8) is 0 Å². The van der Waals surface area contributed by atoms with Crippen LogP contribution in [0.3, 0.4) is 0 Å². The van der Waals surface area contributed by atoms with Crippen LogP contribution < -0.4 is 5.32 Å². The molecule has 0 amide bonds. The summed E-state index contributed by atoms with van der Waals surface area (Å²) in [6, 6.07) is 0.870. The summed E-state index contributed by atoms with van der Waals surface area (Å²) in [4.78, 5) is 0. The summed E-state index contributed by atoms with van der Waals surface area (Å²) in [5.74, 6) is 1.02. The van der Waals surface area contributed by atoms with Gasteiger partial charge in [-0.3, -0.25) is 0 Å². The molecule has 0 spiro atoms. The first-order valence-electron chi connectivity index (χ1n) is 4.58. The van der Waals surface area contributed by atoms with Gasteiger partial charge in [-0.25, -0.2) is 0 Å². The third-order valence-electron chi connectivity index (χ3n) is 1.95. The summed E-state index contributed by atoms with van der Waals surface area (Å²) >= 11 is 0. The number of nitrogens with one attached hydrogen (secondary N) is 1. The van der Waals surface area contributed by atoms with E-state index in [2.05, 4.69) is 19.3 Å². The molecule has 0 saturated heterocycles. The van der Waals surface area contributed by atoms with E-state index in [1.807, 2.05) is 0 Å². The monoisotopic (exact) mass is 159 g/mol. The largest absolute Gasteiger partial charge is 0.397 e.